The van der Waals surface area contributed by atoms with E-state index >= 15 is 0 Å². The van der Waals surface area contributed by atoms with Crippen molar-refractivity contribution in [2.24, 2.45) is 5.92 Å². The lowest BCUT2D eigenvalue weighted by molar-refractivity contribution is -0.0115. The lowest BCUT2D eigenvalue weighted by Gasteiger charge is -2.42. The van der Waals surface area contributed by atoms with Crippen LogP contribution < -0.4 is 0 Å². The summed E-state index contributed by atoms with van der Waals surface area (Å²) in [6.07, 6.45) is 3.30. The van der Waals surface area contributed by atoms with Gasteiger partial charge in [0, 0.05) is 12.5 Å². The van der Waals surface area contributed by atoms with Crippen molar-refractivity contribution < 1.29 is 9.16 Å². The standard InChI is InChI=1S/C13H26O2Si/c1-7-11-10-14-9-8-12(11)15-16(5,6)13(2,3)4/h7,11-12H,1,8-10H2,2-6H3. The fourth-order valence-corrected chi connectivity index (χ4v) is 3.06. The van der Waals surface area contributed by atoms with Gasteiger partial charge in [0.25, 0.3) is 0 Å². The first-order chi connectivity index (χ1) is 7.28. The lowest BCUT2D eigenvalue weighted by atomic mass is 9.99. The van der Waals surface area contributed by atoms with Gasteiger partial charge in [-0.05, 0) is 24.6 Å². The van der Waals surface area contributed by atoms with E-state index in [1.807, 2.05) is 6.08 Å². The summed E-state index contributed by atoms with van der Waals surface area (Å²) in [4.78, 5) is 0. The Hall–Kier alpha value is -0.123. The average molecular weight is 242 g/mol. The van der Waals surface area contributed by atoms with E-state index in [9.17, 15) is 0 Å². The largest absolute Gasteiger partial charge is 0.413 e. The Balaban J connectivity index is 2.67. The fourth-order valence-electron chi connectivity index (χ4n) is 1.66. The van der Waals surface area contributed by atoms with E-state index in [1.54, 1.807) is 0 Å². The molecular formula is C13H26O2Si. The maximum absolute atomic E-state index is 6.43. The van der Waals surface area contributed by atoms with Crippen LogP contribution in [0.2, 0.25) is 18.1 Å². The predicted molar refractivity (Wildman–Crippen MR) is 71.2 cm³/mol. The second kappa shape index (κ2) is 5.03. The van der Waals surface area contributed by atoms with Crippen LogP contribution in [0.4, 0.5) is 0 Å². The second-order valence-electron chi connectivity index (χ2n) is 6.18. The summed E-state index contributed by atoms with van der Waals surface area (Å²) in [5, 5.41) is 0.275. The summed E-state index contributed by atoms with van der Waals surface area (Å²) in [5.74, 6) is 0.364. The molecule has 3 heteroatoms. The molecule has 1 aliphatic rings. The van der Waals surface area contributed by atoms with Gasteiger partial charge in [0.1, 0.15) is 0 Å². The smallest absolute Gasteiger partial charge is 0.192 e. The average Bonchev–Trinajstić information content (AvgIpc) is 2.16. The van der Waals surface area contributed by atoms with Crippen LogP contribution >= 0.6 is 0 Å². The zero-order valence-electron chi connectivity index (χ0n) is 11.4. The van der Waals surface area contributed by atoms with E-state index in [1.165, 1.54) is 0 Å². The van der Waals surface area contributed by atoms with Crippen LogP contribution in [-0.4, -0.2) is 27.6 Å². The van der Waals surface area contributed by atoms with Gasteiger partial charge in [-0.1, -0.05) is 26.8 Å². The molecule has 0 aromatic carbocycles. The molecule has 94 valence electrons. The molecule has 1 heterocycles. The molecule has 0 bridgehead atoms. The predicted octanol–water partition coefficient (Wildman–Crippen LogP) is 3.60. The first-order valence-electron chi connectivity index (χ1n) is 6.16. The molecule has 1 aliphatic heterocycles. The van der Waals surface area contributed by atoms with E-state index in [2.05, 4.69) is 40.4 Å². The van der Waals surface area contributed by atoms with Gasteiger partial charge in [-0.15, -0.1) is 6.58 Å². The molecule has 0 amide bonds. The quantitative estimate of drug-likeness (QED) is 0.556. The molecule has 0 radical (unpaired) electrons. The van der Waals surface area contributed by atoms with Gasteiger partial charge in [0.15, 0.2) is 8.32 Å². The topological polar surface area (TPSA) is 18.5 Å². The SMILES string of the molecule is C=CC1COCCC1O[Si](C)(C)C(C)(C)C. The maximum atomic E-state index is 6.43. The molecular weight excluding hydrogens is 216 g/mol. The normalized spacial score (nSPS) is 27.8. The van der Waals surface area contributed by atoms with Crippen LogP contribution in [-0.2, 0) is 9.16 Å². The molecule has 16 heavy (non-hydrogen) atoms. The highest BCUT2D eigenvalue weighted by Gasteiger charge is 2.40. The van der Waals surface area contributed by atoms with E-state index in [0.29, 0.717) is 12.0 Å². The molecule has 0 aliphatic carbocycles. The molecule has 0 N–H and O–H groups in total. The number of hydrogen-bond acceptors (Lipinski definition) is 2. The minimum Gasteiger partial charge on any atom is -0.413 e. The Labute approximate surface area is 101 Å². The molecule has 0 aromatic rings. The van der Waals surface area contributed by atoms with Crippen molar-refractivity contribution in [1.82, 2.24) is 0 Å². The van der Waals surface area contributed by atoms with Gasteiger partial charge in [0.05, 0.1) is 12.7 Å². The van der Waals surface area contributed by atoms with Gasteiger partial charge < -0.3 is 9.16 Å². The Kier molecular flexibility index (Phi) is 4.38. The number of hydrogen-bond donors (Lipinski definition) is 0. The molecule has 2 atom stereocenters. The van der Waals surface area contributed by atoms with Crippen molar-refractivity contribution >= 4 is 8.32 Å². The van der Waals surface area contributed by atoms with E-state index in [4.69, 9.17) is 9.16 Å². The Morgan fingerprint density at radius 2 is 2.00 bits per heavy atom. The Morgan fingerprint density at radius 3 is 2.50 bits per heavy atom. The summed E-state index contributed by atoms with van der Waals surface area (Å²) in [7, 11) is -1.65. The second-order valence-corrected chi connectivity index (χ2v) is 10.9. The summed E-state index contributed by atoms with van der Waals surface area (Å²) in [5.41, 5.74) is 0. The van der Waals surface area contributed by atoms with Crippen molar-refractivity contribution in [2.45, 2.75) is 51.4 Å². The summed E-state index contributed by atoms with van der Waals surface area (Å²) in [6.45, 7) is 16.9. The van der Waals surface area contributed by atoms with Crippen LogP contribution in [0.5, 0.6) is 0 Å². The minimum absolute atomic E-state index is 0.275. The van der Waals surface area contributed by atoms with Crippen molar-refractivity contribution in [3.8, 4) is 0 Å². The monoisotopic (exact) mass is 242 g/mol. The van der Waals surface area contributed by atoms with Crippen molar-refractivity contribution in [2.75, 3.05) is 13.2 Å². The summed E-state index contributed by atoms with van der Waals surface area (Å²) >= 11 is 0. The molecule has 1 saturated heterocycles. The van der Waals surface area contributed by atoms with Crippen molar-refractivity contribution in [1.29, 1.82) is 0 Å². The van der Waals surface area contributed by atoms with Gasteiger partial charge in [-0.3, -0.25) is 0 Å². The molecule has 0 spiro atoms. The molecule has 0 aromatic heterocycles. The van der Waals surface area contributed by atoms with E-state index < -0.39 is 8.32 Å². The number of ether oxygens (including phenoxy) is 1. The van der Waals surface area contributed by atoms with E-state index in [-0.39, 0.29) is 5.04 Å². The van der Waals surface area contributed by atoms with E-state index in [0.717, 1.165) is 19.6 Å². The molecule has 2 nitrogen and oxygen atoms in total. The third kappa shape index (κ3) is 3.19. The first-order valence-corrected chi connectivity index (χ1v) is 9.07. The van der Waals surface area contributed by atoms with Crippen molar-refractivity contribution in [3.63, 3.8) is 0 Å². The van der Waals surface area contributed by atoms with Crippen LogP contribution in [0.15, 0.2) is 12.7 Å². The molecule has 0 saturated carbocycles. The van der Waals surface area contributed by atoms with Crippen molar-refractivity contribution in [3.05, 3.63) is 12.7 Å². The van der Waals surface area contributed by atoms with Gasteiger partial charge in [-0.25, -0.2) is 0 Å². The van der Waals surface area contributed by atoms with Crippen LogP contribution in [0.25, 0.3) is 0 Å². The third-order valence-corrected chi connectivity index (χ3v) is 8.39. The highest BCUT2D eigenvalue weighted by atomic mass is 28.4. The van der Waals surface area contributed by atoms with Crippen LogP contribution in [0, 0.1) is 5.92 Å². The lowest BCUT2D eigenvalue weighted by Crippen LogP contribution is -2.47. The number of rotatable bonds is 3. The minimum atomic E-state index is -1.65. The van der Waals surface area contributed by atoms with Crippen LogP contribution in [0.3, 0.4) is 0 Å². The molecule has 1 rings (SSSR count). The highest BCUT2D eigenvalue weighted by molar-refractivity contribution is 6.74. The maximum Gasteiger partial charge on any atom is 0.192 e. The summed E-state index contributed by atoms with van der Waals surface area (Å²) in [6, 6.07) is 0. The Bertz CT molecular complexity index is 243. The molecule has 1 fully saturated rings. The van der Waals surface area contributed by atoms with Gasteiger partial charge in [0.2, 0.25) is 0 Å². The summed E-state index contributed by atoms with van der Waals surface area (Å²) < 4.78 is 11.9. The third-order valence-electron chi connectivity index (χ3n) is 3.89. The fraction of sp³-hybridized carbons (Fsp3) is 0.846. The Morgan fingerprint density at radius 1 is 1.38 bits per heavy atom. The zero-order valence-corrected chi connectivity index (χ0v) is 12.4. The van der Waals surface area contributed by atoms with Gasteiger partial charge >= 0.3 is 0 Å². The first kappa shape index (κ1) is 13.9. The van der Waals surface area contributed by atoms with Gasteiger partial charge in [-0.2, -0.15) is 0 Å². The zero-order chi connectivity index (χ0) is 12.4. The highest BCUT2D eigenvalue weighted by Crippen LogP contribution is 2.39. The molecule has 2 unspecified atom stereocenters. The van der Waals surface area contributed by atoms with Crippen LogP contribution in [0.1, 0.15) is 27.2 Å².